The summed E-state index contributed by atoms with van der Waals surface area (Å²) < 4.78 is 38.0. The molecule has 0 bridgehead atoms. The summed E-state index contributed by atoms with van der Waals surface area (Å²) in [5, 5.41) is 0. The normalized spacial score (nSPS) is 29.6. The summed E-state index contributed by atoms with van der Waals surface area (Å²) in [5.41, 5.74) is 0.130. The lowest BCUT2D eigenvalue weighted by Gasteiger charge is -2.35. The molecule has 1 amide bonds. The highest BCUT2D eigenvalue weighted by Gasteiger charge is 2.49. The van der Waals surface area contributed by atoms with E-state index in [1.165, 1.54) is 12.1 Å². The Labute approximate surface area is 144 Å². The van der Waals surface area contributed by atoms with Gasteiger partial charge < -0.3 is 4.90 Å². The minimum absolute atomic E-state index is 0.00673. The van der Waals surface area contributed by atoms with E-state index in [1.807, 2.05) is 4.90 Å². The molecule has 1 aromatic rings. The molecule has 1 aliphatic heterocycles. The molecular formula is C19H20F3NO2. The Morgan fingerprint density at radius 2 is 1.80 bits per heavy atom. The molecule has 2 aliphatic carbocycles. The molecule has 0 N–H and O–H groups in total. The average molecular weight is 351 g/mol. The van der Waals surface area contributed by atoms with Crippen molar-refractivity contribution < 1.29 is 22.8 Å². The van der Waals surface area contributed by atoms with Gasteiger partial charge in [0.25, 0.3) is 0 Å². The number of amides is 1. The van der Waals surface area contributed by atoms with Gasteiger partial charge in [0.2, 0.25) is 5.91 Å². The number of Topliss-reactive ketones (excluding diaryl/α,β-unsaturated/α-hetero) is 1. The van der Waals surface area contributed by atoms with Crippen LogP contribution in [0.5, 0.6) is 0 Å². The van der Waals surface area contributed by atoms with Crippen LogP contribution in [0.1, 0.15) is 49.1 Å². The lowest BCUT2D eigenvalue weighted by atomic mass is 9.96. The Kier molecular flexibility index (Phi) is 3.89. The molecular weight excluding hydrogens is 331 g/mol. The van der Waals surface area contributed by atoms with E-state index in [4.69, 9.17) is 0 Å². The Morgan fingerprint density at radius 3 is 2.40 bits per heavy atom. The van der Waals surface area contributed by atoms with E-state index < -0.39 is 11.7 Å². The zero-order valence-electron chi connectivity index (χ0n) is 13.8. The van der Waals surface area contributed by atoms with Crippen molar-refractivity contribution in [3.8, 4) is 0 Å². The standard InChI is InChI=1S/C19H20F3NO2/c20-19(21,22)13-5-3-11(4-6-13)15-10-16(15)18(25)23-8-7-14(24)9-17(23)12-1-2-12/h3-6,12,15-17H,1-2,7-10H2/t15-,16+,17?/m0/s1. The van der Waals surface area contributed by atoms with Crippen LogP contribution >= 0.6 is 0 Å². The highest BCUT2D eigenvalue weighted by molar-refractivity contribution is 5.87. The van der Waals surface area contributed by atoms with Gasteiger partial charge in [-0.05, 0) is 48.8 Å². The number of likely N-dealkylation sites (tertiary alicyclic amines) is 1. The summed E-state index contributed by atoms with van der Waals surface area (Å²) >= 11 is 0. The van der Waals surface area contributed by atoms with Crippen molar-refractivity contribution in [2.24, 2.45) is 11.8 Å². The lowest BCUT2D eigenvalue weighted by molar-refractivity contribution is -0.140. The predicted octanol–water partition coefficient (Wildman–Crippen LogP) is 3.78. The second-order valence-corrected chi connectivity index (χ2v) is 7.50. The number of hydrogen-bond acceptors (Lipinski definition) is 2. The van der Waals surface area contributed by atoms with Gasteiger partial charge in [-0.1, -0.05) is 12.1 Å². The minimum atomic E-state index is -4.34. The van der Waals surface area contributed by atoms with E-state index >= 15 is 0 Å². The molecule has 1 saturated heterocycles. The molecule has 3 atom stereocenters. The topological polar surface area (TPSA) is 37.4 Å². The van der Waals surface area contributed by atoms with Crippen molar-refractivity contribution in [3.63, 3.8) is 0 Å². The molecule has 0 aromatic heterocycles. The summed E-state index contributed by atoms with van der Waals surface area (Å²) in [4.78, 5) is 26.5. The molecule has 4 rings (SSSR count). The third kappa shape index (κ3) is 3.31. The third-order valence-corrected chi connectivity index (χ3v) is 5.69. The van der Waals surface area contributed by atoms with Gasteiger partial charge in [-0.2, -0.15) is 13.2 Å². The number of nitrogens with zero attached hydrogens (tertiary/aromatic N) is 1. The number of ketones is 1. The first-order valence-corrected chi connectivity index (χ1v) is 8.84. The van der Waals surface area contributed by atoms with Gasteiger partial charge in [0.15, 0.2) is 0 Å². The Bertz CT molecular complexity index is 694. The first kappa shape index (κ1) is 16.6. The van der Waals surface area contributed by atoms with E-state index in [0.29, 0.717) is 31.7 Å². The molecule has 25 heavy (non-hydrogen) atoms. The van der Waals surface area contributed by atoms with Crippen molar-refractivity contribution in [1.82, 2.24) is 4.90 Å². The third-order valence-electron chi connectivity index (χ3n) is 5.69. The van der Waals surface area contributed by atoms with Crippen molar-refractivity contribution in [2.45, 2.75) is 50.2 Å². The Balaban J connectivity index is 1.43. The van der Waals surface area contributed by atoms with Gasteiger partial charge in [0.1, 0.15) is 5.78 Å². The molecule has 0 radical (unpaired) electrons. The number of rotatable bonds is 3. The Hall–Kier alpha value is -1.85. The van der Waals surface area contributed by atoms with Crippen molar-refractivity contribution >= 4 is 11.7 Å². The van der Waals surface area contributed by atoms with E-state index in [9.17, 15) is 22.8 Å². The molecule has 134 valence electrons. The number of alkyl halides is 3. The maximum atomic E-state index is 12.9. The molecule has 6 heteroatoms. The molecule has 1 aromatic carbocycles. The largest absolute Gasteiger partial charge is 0.416 e. The number of carbonyl (C=O) groups is 2. The van der Waals surface area contributed by atoms with Crippen LogP contribution in [0.15, 0.2) is 24.3 Å². The monoisotopic (exact) mass is 351 g/mol. The Morgan fingerprint density at radius 1 is 1.12 bits per heavy atom. The van der Waals surface area contributed by atoms with Crippen LogP contribution in [0.2, 0.25) is 0 Å². The SMILES string of the molecule is O=C1CCN(C(=O)[C@@H]2C[C@H]2c2ccc(C(F)(F)F)cc2)C(C2CC2)C1. The van der Waals surface area contributed by atoms with Crippen LogP contribution in [-0.4, -0.2) is 29.2 Å². The van der Waals surface area contributed by atoms with Gasteiger partial charge in [-0.3, -0.25) is 9.59 Å². The number of hydrogen-bond donors (Lipinski definition) is 0. The second-order valence-electron chi connectivity index (χ2n) is 7.50. The average Bonchev–Trinajstić information content (AvgIpc) is 3.47. The summed E-state index contributed by atoms with van der Waals surface area (Å²) in [6.45, 7) is 0.495. The molecule has 2 saturated carbocycles. The second kappa shape index (κ2) is 5.85. The molecule has 3 aliphatic rings. The van der Waals surface area contributed by atoms with E-state index in [-0.39, 0.29) is 29.6 Å². The first-order chi connectivity index (χ1) is 11.8. The minimum Gasteiger partial charge on any atom is -0.338 e. The number of benzene rings is 1. The maximum Gasteiger partial charge on any atom is 0.416 e. The fraction of sp³-hybridized carbons (Fsp3) is 0.579. The highest BCUT2D eigenvalue weighted by atomic mass is 19.4. The quantitative estimate of drug-likeness (QED) is 0.831. The van der Waals surface area contributed by atoms with Crippen LogP contribution in [0, 0.1) is 11.8 Å². The number of carbonyl (C=O) groups excluding carboxylic acids is 2. The number of piperidine rings is 1. The van der Waals surface area contributed by atoms with Crippen LogP contribution in [0.3, 0.4) is 0 Å². The molecule has 3 fully saturated rings. The molecule has 1 unspecified atom stereocenters. The summed E-state index contributed by atoms with van der Waals surface area (Å²) in [6, 6.07) is 5.18. The fourth-order valence-electron chi connectivity index (χ4n) is 4.00. The lowest BCUT2D eigenvalue weighted by Crippen LogP contribution is -2.48. The van der Waals surface area contributed by atoms with Gasteiger partial charge in [0, 0.05) is 31.3 Å². The molecule has 0 spiro atoms. The zero-order valence-corrected chi connectivity index (χ0v) is 13.8. The van der Waals surface area contributed by atoms with E-state index in [0.717, 1.165) is 30.5 Å². The number of halogens is 3. The van der Waals surface area contributed by atoms with Crippen molar-refractivity contribution in [2.75, 3.05) is 6.54 Å². The summed E-state index contributed by atoms with van der Waals surface area (Å²) in [7, 11) is 0. The van der Waals surface area contributed by atoms with Gasteiger partial charge in [-0.25, -0.2) is 0 Å². The predicted molar refractivity (Wildman–Crippen MR) is 84.8 cm³/mol. The van der Waals surface area contributed by atoms with Crippen LogP contribution in [0.4, 0.5) is 13.2 Å². The van der Waals surface area contributed by atoms with Gasteiger partial charge >= 0.3 is 6.18 Å². The smallest absolute Gasteiger partial charge is 0.338 e. The highest BCUT2D eigenvalue weighted by Crippen LogP contribution is 2.50. The summed E-state index contributed by atoms with van der Waals surface area (Å²) in [5.74, 6) is 0.625. The van der Waals surface area contributed by atoms with Crippen LogP contribution < -0.4 is 0 Å². The van der Waals surface area contributed by atoms with Gasteiger partial charge in [0.05, 0.1) is 5.56 Å². The van der Waals surface area contributed by atoms with Crippen LogP contribution in [0.25, 0.3) is 0 Å². The first-order valence-electron chi connectivity index (χ1n) is 8.84. The maximum absolute atomic E-state index is 12.9. The molecule has 1 heterocycles. The van der Waals surface area contributed by atoms with Crippen molar-refractivity contribution in [3.05, 3.63) is 35.4 Å². The van der Waals surface area contributed by atoms with Crippen LogP contribution in [-0.2, 0) is 15.8 Å². The van der Waals surface area contributed by atoms with E-state index in [1.54, 1.807) is 0 Å². The molecule has 3 nitrogen and oxygen atoms in total. The summed E-state index contributed by atoms with van der Waals surface area (Å²) in [6.07, 6.45) is -0.606. The zero-order chi connectivity index (χ0) is 17.8. The van der Waals surface area contributed by atoms with Gasteiger partial charge in [-0.15, -0.1) is 0 Å². The van der Waals surface area contributed by atoms with Crippen molar-refractivity contribution in [1.29, 1.82) is 0 Å². The van der Waals surface area contributed by atoms with E-state index in [2.05, 4.69) is 0 Å². The fourth-order valence-corrected chi connectivity index (χ4v) is 4.00.